The molecule has 0 aromatic carbocycles. The molecule has 0 amide bonds. The van der Waals surface area contributed by atoms with Crippen LogP contribution in [0.3, 0.4) is 0 Å². The predicted octanol–water partition coefficient (Wildman–Crippen LogP) is 5.83. The topological polar surface area (TPSA) is 104 Å². The summed E-state index contributed by atoms with van der Waals surface area (Å²) >= 11 is 0. The van der Waals surface area contributed by atoms with Crippen molar-refractivity contribution in [3.05, 3.63) is 0 Å². The number of ether oxygens (including phenoxy) is 1. The van der Waals surface area contributed by atoms with Crippen molar-refractivity contribution in [2.75, 3.05) is 6.61 Å². The molecule has 0 radical (unpaired) electrons. The monoisotopic (exact) mass is 565 g/mol. The van der Waals surface area contributed by atoms with Crippen LogP contribution in [0.15, 0.2) is 0 Å². The second-order valence-electron chi connectivity index (χ2n) is 13.3. The number of halogens is 3. The van der Waals surface area contributed by atoms with Crippen molar-refractivity contribution < 1.29 is 40.8 Å². The molecule has 4 fully saturated rings. The van der Waals surface area contributed by atoms with Gasteiger partial charge in [-0.15, -0.1) is 0 Å². The van der Waals surface area contributed by atoms with Crippen LogP contribution in [-0.2, 0) is 19.6 Å². The van der Waals surface area contributed by atoms with E-state index in [0.717, 1.165) is 37.5 Å². The molecule has 0 spiro atoms. The van der Waals surface area contributed by atoms with E-state index in [1.165, 1.54) is 32.1 Å². The molecule has 0 aromatic heterocycles. The molecular formula is C28H44F3O6S-. The smallest absolute Gasteiger partial charge is 0.364 e. The summed E-state index contributed by atoms with van der Waals surface area (Å²) in [4.78, 5) is 12.2. The molecule has 1 N–H and O–H groups in total. The van der Waals surface area contributed by atoms with Gasteiger partial charge in [0.2, 0.25) is 0 Å². The molecule has 4 aliphatic carbocycles. The summed E-state index contributed by atoms with van der Waals surface area (Å²) in [5, 5.41) is 5.21. The molecule has 10 atom stereocenters. The van der Waals surface area contributed by atoms with Crippen LogP contribution in [0.1, 0.15) is 97.8 Å². The molecule has 0 aliphatic heterocycles. The van der Waals surface area contributed by atoms with Crippen LogP contribution < -0.4 is 0 Å². The summed E-state index contributed by atoms with van der Waals surface area (Å²) in [6.45, 7) is 6.37. The van der Waals surface area contributed by atoms with Crippen LogP contribution in [0.25, 0.3) is 0 Å². The largest absolute Gasteiger partial charge is 0.743 e. The molecule has 6 nitrogen and oxygen atoms in total. The number of hydrogen-bond donors (Lipinski definition) is 1. The lowest BCUT2D eigenvalue weighted by molar-refractivity contribution is -0.145. The summed E-state index contributed by atoms with van der Waals surface area (Å²) in [6, 6.07) is 0. The van der Waals surface area contributed by atoms with E-state index in [9.17, 15) is 36.0 Å². The minimum absolute atomic E-state index is 0.0831. The van der Waals surface area contributed by atoms with Gasteiger partial charge in [0.25, 0.3) is 0 Å². The van der Waals surface area contributed by atoms with E-state index in [2.05, 4.69) is 20.8 Å². The molecular weight excluding hydrogens is 521 g/mol. The van der Waals surface area contributed by atoms with Crippen LogP contribution in [0, 0.1) is 46.3 Å². The number of aliphatic hydroxyl groups excluding tert-OH is 1. The maximum Gasteiger partial charge on any atom is 0.364 e. The Bertz CT molecular complexity index is 976. The number of esters is 1. The summed E-state index contributed by atoms with van der Waals surface area (Å²) in [7, 11) is -6.13. The van der Waals surface area contributed by atoms with Gasteiger partial charge in [-0.05, 0) is 111 Å². The molecule has 1 unspecified atom stereocenters. The van der Waals surface area contributed by atoms with Crippen molar-refractivity contribution in [1.82, 2.24) is 0 Å². The Morgan fingerprint density at radius 3 is 2.39 bits per heavy atom. The molecule has 4 saturated carbocycles. The van der Waals surface area contributed by atoms with Gasteiger partial charge in [0.1, 0.15) is 0 Å². The standard InChI is InChI=1S/C28H45F3O6S/c1-17(4-9-25(33)37-15-12-24(29)28(30,31)38(34,35)36)21-7-8-22-20-6-5-18-16-19(32)10-13-26(18,2)23(20)11-14-27(21,22)3/h17-24,32H,4-16H2,1-3H3,(H,34,35,36)/p-1/t17-,18-,19-,20+,21-,22+,23+,24?,26+,27-/m1/s1. The lowest BCUT2D eigenvalue weighted by atomic mass is 9.44. The fourth-order valence-corrected chi connectivity index (χ4v) is 9.86. The normalized spacial score (nSPS) is 40.9. The maximum atomic E-state index is 13.6. The molecule has 0 saturated heterocycles. The Morgan fingerprint density at radius 1 is 1.05 bits per heavy atom. The first-order chi connectivity index (χ1) is 17.6. The van der Waals surface area contributed by atoms with Gasteiger partial charge in [-0.2, -0.15) is 8.78 Å². The van der Waals surface area contributed by atoms with Gasteiger partial charge >= 0.3 is 11.2 Å². The van der Waals surface area contributed by atoms with Crippen LogP contribution in [-0.4, -0.2) is 48.2 Å². The minimum atomic E-state index is -6.13. The fraction of sp³-hybridized carbons (Fsp3) is 0.964. The van der Waals surface area contributed by atoms with Crippen LogP contribution in [0.2, 0.25) is 0 Å². The second-order valence-corrected chi connectivity index (χ2v) is 14.8. The van der Waals surface area contributed by atoms with E-state index in [1.807, 2.05) is 0 Å². The number of hydrogen-bond acceptors (Lipinski definition) is 6. The van der Waals surface area contributed by atoms with E-state index >= 15 is 0 Å². The Kier molecular flexibility index (Phi) is 8.59. The SMILES string of the molecule is C[C@H](CCC(=O)OCCC(F)C(F)(F)S(=O)(=O)[O-])[C@H]1CC[C@H]2[C@@H]3CC[C@@H]4C[C@H](O)CC[C@]4(C)[C@H]3CC[C@]12C. The number of rotatable bonds is 9. The fourth-order valence-electron chi connectivity index (χ4n) is 9.43. The van der Waals surface area contributed by atoms with Gasteiger partial charge in [0.15, 0.2) is 16.3 Å². The summed E-state index contributed by atoms with van der Waals surface area (Å²) < 4.78 is 76.5. The number of fused-ring (bicyclic) bond motifs is 5. The van der Waals surface area contributed by atoms with Gasteiger partial charge < -0.3 is 14.4 Å². The highest BCUT2D eigenvalue weighted by atomic mass is 32.2. The number of alkyl halides is 3. The van der Waals surface area contributed by atoms with E-state index in [-0.39, 0.29) is 23.9 Å². The van der Waals surface area contributed by atoms with Crippen LogP contribution in [0.4, 0.5) is 13.2 Å². The zero-order valence-electron chi connectivity index (χ0n) is 22.8. The number of aliphatic hydroxyl groups is 1. The van der Waals surface area contributed by atoms with Crippen LogP contribution in [0.5, 0.6) is 0 Å². The highest BCUT2D eigenvalue weighted by Crippen LogP contribution is 2.68. The first-order valence-electron chi connectivity index (χ1n) is 14.4. The van der Waals surface area contributed by atoms with Gasteiger partial charge in [0.05, 0.1) is 12.7 Å². The van der Waals surface area contributed by atoms with E-state index in [4.69, 9.17) is 4.74 Å². The van der Waals surface area contributed by atoms with Crippen molar-refractivity contribution in [3.8, 4) is 0 Å². The van der Waals surface area contributed by atoms with Crippen molar-refractivity contribution in [2.45, 2.75) is 115 Å². The molecule has 0 bridgehead atoms. The molecule has 4 rings (SSSR count). The molecule has 38 heavy (non-hydrogen) atoms. The highest BCUT2D eigenvalue weighted by Gasteiger charge is 2.60. The van der Waals surface area contributed by atoms with Gasteiger partial charge in [-0.1, -0.05) is 20.8 Å². The van der Waals surface area contributed by atoms with E-state index < -0.39 is 40.5 Å². The van der Waals surface area contributed by atoms with Crippen molar-refractivity contribution in [1.29, 1.82) is 0 Å². The highest BCUT2D eigenvalue weighted by molar-refractivity contribution is 7.86. The van der Waals surface area contributed by atoms with E-state index in [1.54, 1.807) is 0 Å². The van der Waals surface area contributed by atoms with Gasteiger partial charge in [0, 0.05) is 12.8 Å². The first-order valence-corrected chi connectivity index (χ1v) is 15.8. The van der Waals surface area contributed by atoms with E-state index in [0.29, 0.717) is 29.6 Å². The summed E-state index contributed by atoms with van der Waals surface area (Å²) in [5.74, 6) is 2.86. The lowest BCUT2D eigenvalue weighted by Gasteiger charge is -2.61. The van der Waals surface area contributed by atoms with Crippen LogP contribution >= 0.6 is 0 Å². The first kappa shape index (κ1) is 30.1. The molecule has 0 heterocycles. The molecule has 10 heteroatoms. The molecule has 4 aliphatic rings. The number of carbonyl (C=O) groups excluding carboxylic acids is 1. The second kappa shape index (κ2) is 10.8. The Balaban J connectivity index is 1.28. The Labute approximate surface area is 225 Å². The predicted molar refractivity (Wildman–Crippen MR) is 135 cm³/mol. The average molecular weight is 566 g/mol. The third-order valence-corrected chi connectivity index (χ3v) is 12.5. The minimum Gasteiger partial charge on any atom is -0.743 e. The zero-order valence-corrected chi connectivity index (χ0v) is 23.7. The average Bonchev–Trinajstić information content (AvgIpc) is 3.19. The Morgan fingerprint density at radius 2 is 1.71 bits per heavy atom. The van der Waals surface area contributed by atoms with Crippen molar-refractivity contribution >= 4 is 16.1 Å². The number of carbonyl (C=O) groups is 1. The third-order valence-electron chi connectivity index (χ3n) is 11.5. The molecule has 220 valence electrons. The summed E-state index contributed by atoms with van der Waals surface area (Å²) in [5.41, 5.74) is 0.552. The molecule has 0 aromatic rings. The maximum absolute atomic E-state index is 13.6. The Hall–Kier alpha value is -0.870. The third kappa shape index (κ3) is 5.39. The quantitative estimate of drug-likeness (QED) is 0.279. The lowest BCUT2D eigenvalue weighted by Crippen LogP contribution is -2.54. The van der Waals surface area contributed by atoms with Gasteiger partial charge in [-0.25, -0.2) is 12.8 Å². The summed E-state index contributed by atoms with van der Waals surface area (Å²) in [6.07, 6.45) is 6.42. The van der Waals surface area contributed by atoms with Gasteiger partial charge in [-0.3, -0.25) is 4.79 Å². The van der Waals surface area contributed by atoms with Crippen molar-refractivity contribution in [2.24, 2.45) is 46.3 Å². The zero-order chi connectivity index (χ0) is 28.1. The van der Waals surface area contributed by atoms with Crippen molar-refractivity contribution in [3.63, 3.8) is 0 Å².